The topological polar surface area (TPSA) is 77.7 Å². The minimum absolute atomic E-state index is 0.0953. The molecule has 1 atom stereocenters. The van der Waals surface area contributed by atoms with Crippen LogP contribution in [0.1, 0.15) is 23.7 Å². The lowest BCUT2D eigenvalue weighted by atomic mass is 10.1. The van der Waals surface area contributed by atoms with Crippen molar-refractivity contribution < 1.29 is 18.8 Å². The van der Waals surface area contributed by atoms with Gasteiger partial charge in [0.15, 0.2) is 17.3 Å². The molecule has 0 radical (unpaired) electrons. The molecular formula is C19H17N3O4S. The van der Waals surface area contributed by atoms with Gasteiger partial charge in [-0.1, -0.05) is 11.2 Å². The van der Waals surface area contributed by atoms with E-state index in [4.69, 9.17) is 14.0 Å². The minimum atomic E-state index is 0.0953. The number of amides is 1. The lowest BCUT2D eigenvalue weighted by molar-refractivity contribution is -0.129. The van der Waals surface area contributed by atoms with Crippen molar-refractivity contribution in [2.24, 2.45) is 0 Å². The molecule has 2 aliphatic heterocycles. The first-order chi connectivity index (χ1) is 13.3. The van der Waals surface area contributed by atoms with Gasteiger partial charge in [-0.25, -0.2) is 0 Å². The molecule has 1 fully saturated rings. The second kappa shape index (κ2) is 6.70. The molecule has 8 heteroatoms. The summed E-state index contributed by atoms with van der Waals surface area (Å²) in [7, 11) is 0. The molecule has 138 valence electrons. The highest BCUT2D eigenvalue weighted by Gasteiger charge is 2.30. The third kappa shape index (κ3) is 3.16. The van der Waals surface area contributed by atoms with Gasteiger partial charge in [0, 0.05) is 24.4 Å². The molecule has 1 saturated heterocycles. The van der Waals surface area contributed by atoms with Gasteiger partial charge in [-0.05, 0) is 35.6 Å². The standard InChI is InChI=1S/C19H17N3O4S/c23-17(8-12-1-2-15-16(7-12)25-11-24-15)22-5-3-13(9-22)18-20-19(26-21-18)14-4-6-27-10-14/h1-2,4,6-7,10,13H,3,5,8-9,11H2/t13-/m0/s1. The molecule has 0 N–H and O–H groups in total. The molecule has 1 aromatic carbocycles. The van der Waals surface area contributed by atoms with Crippen molar-refractivity contribution in [2.75, 3.05) is 19.9 Å². The Morgan fingerprint density at radius 2 is 2.19 bits per heavy atom. The van der Waals surface area contributed by atoms with Crippen molar-refractivity contribution in [3.63, 3.8) is 0 Å². The van der Waals surface area contributed by atoms with Gasteiger partial charge in [-0.2, -0.15) is 16.3 Å². The van der Waals surface area contributed by atoms with E-state index in [1.165, 1.54) is 0 Å². The van der Waals surface area contributed by atoms with Gasteiger partial charge in [0.25, 0.3) is 5.89 Å². The van der Waals surface area contributed by atoms with Crippen molar-refractivity contribution >= 4 is 17.2 Å². The van der Waals surface area contributed by atoms with Crippen LogP contribution in [0.5, 0.6) is 11.5 Å². The SMILES string of the molecule is O=C(Cc1ccc2c(c1)OCO2)N1CC[C@H](c2noc(-c3ccsc3)n2)C1. The van der Waals surface area contributed by atoms with Crippen LogP contribution in [0.15, 0.2) is 39.5 Å². The molecular weight excluding hydrogens is 366 g/mol. The Kier molecular flexibility index (Phi) is 4.05. The number of hydrogen-bond donors (Lipinski definition) is 0. The normalized spacial score (nSPS) is 18.2. The maximum atomic E-state index is 12.7. The summed E-state index contributed by atoms with van der Waals surface area (Å²) in [4.78, 5) is 19.1. The second-order valence-electron chi connectivity index (χ2n) is 6.66. The van der Waals surface area contributed by atoms with Crippen LogP contribution in [0.2, 0.25) is 0 Å². The summed E-state index contributed by atoms with van der Waals surface area (Å²) in [5, 5.41) is 8.08. The summed E-state index contributed by atoms with van der Waals surface area (Å²) in [6.07, 6.45) is 1.19. The molecule has 5 rings (SSSR count). The van der Waals surface area contributed by atoms with Gasteiger partial charge in [-0.15, -0.1) is 0 Å². The Hall–Kier alpha value is -2.87. The Labute approximate surface area is 159 Å². The number of thiophene rings is 1. The molecule has 1 amide bonds. The average molecular weight is 383 g/mol. The average Bonchev–Trinajstić information content (AvgIpc) is 3.48. The van der Waals surface area contributed by atoms with E-state index in [-0.39, 0.29) is 18.6 Å². The van der Waals surface area contributed by atoms with Crippen LogP contribution in [0, 0.1) is 0 Å². The summed E-state index contributed by atoms with van der Waals surface area (Å²) in [5.41, 5.74) is 1.86. The molecule has 0 unspecified atom stereocenters. The number of nitrogens with zero attached hydrogens (tertiary/aromatic N) is 3. The fraction of sp³-hybridized carbons (Fsp3) is 0.316. The molecule has 0 saturated carbocycles. The highest BCUT2D eigenvalue weighted by Crippen LogP contribution is 2.33. The zero-order valence-electron chi connectivity index (χ0n) is 14.5. The van der Waals surface area contributed by atoms with Gasteiger partial charge in [-0.3, -0.25) is 4.79 Å². The van der Waals surface area contributed by atoms with Crippen LogP contribution in [0.3, 0.4) is 0 Å². The van der Waals surface area contributed by atoms with Crippen LogP contribution < -0.4 is 9.47 Å². The highest BCUT2D eigenvalue weighted by molar-refractivity contribution is 7.08. The number of carbonyl (C=O) groups excluding carboxylic acids is 1. The van der Waals surface area contributed by atoms with Crippen LogP contribution in [-0.2, 0) is 11.2 Å². The smallest absolute Gasteiger partial charge is 0.258 e. The van der Waals surface area contributed by atoms with E-state index in [1.54, 1.807) is 11.3 Å². The third-order valence-corrected chi connectivity index (χ3v) is 5.59. The Balaban J connectivity index is 1.23. The molecule has 0 aliphatic carbocycles. The zero-order valence-corrected chi connectivity index (χ0v) is 15.3. The van der Waals surface area contributed by atoms with Gasteiger partial charge in [0.2, 0.25) is 12.7 Å². The molecule has 0 spiro atoms. The molecule has 3 aromatic rings. The van der Waals surface area contributed by atoms with Crippen LogP contribution >= 0.6 is 11.3 Å². The van der Waals surface area contributed by atoms with Gasteiger partial charge < -0.3 is 18.9 Å². The van der Waals surface area contributed by atoms with Gasteiger partial charge >= 0.3 is 0 Å². The van der Waals surface area contributed by atoms with E-state index >= 15 is 0 Å². The van der Waals surface area contributed by atoms with E-state index in [0.29, 0.717) is 37.0 Å². The van der Waals surface area contributed by atoms with E-state index in [1.807, 2.05) is 39.9 Å². The fourth-order valence-corrected chi connectivity index (χ4v) is 4.07. The van der Waals surface area contributed by atoms with Crippen molar-refractivity contribution in [2.45, 2.75) is 18.8 Å². The first kappa shape index (κ1) is 16.3. The number of rotatable bonds is 4. The molecule has 4 heterocycles. The third-order valence-electron chi connectivity index (χ3n) is 4.91. The molecule has 0 bridgehead atoms. The Bertz CT molecular complexity index is 969. The summed E-state index contributed by atoms with van der Waals surface area (Å²) in [6, 6.07) is 7.59. The summed E-state index contributed by atoms with van der Waals surface area (Å²) in [5.74, 6) is 2.85. The van der Waals surface area contributed by atoms with Crippen molar-refractivity contribution in [1.82, 2.24) is 15.0 Å². The number of likely N-dealkylation sites (tertiary alicyclic amines) is 1. The van der Waals surface area contributed by atoms with Crippen molar-refractivity contribution in [3.05, 3.63) is 46.4 Å². The van der Waals surface area contributed by atoms with E-state index < -0.39 is 0 Å². The number of ether oxygens (including phenoxy) is 2. The largest absolute Gasteiger partial charge is 0.454 e. The minimum Gasteiger partial charge on any atom is -0.454 e. The van der Waals surface area contributed by atoms with E-state index in [2.05, 4.69) is 10.1 Å². The number of aromatic nitrogens is 2. The number of carbonyl (C=O) groups is 1. The monoisotopic (exact) mass is 383 g/mol. The van der Waals surface area contributed by atoms with Crippen molar-refractivity contribution in [1.29, 1.82) is 0 Å². The molecule has 2 aromatic heterocycles. The van der Waals surface area contributed by atoms with E-state index in [0.717, 1.165) is 23.3 Å². The fourth-order valence-electron chi connectivity index (χ4n) is 3.44. The lowest BCUT2D eigenvalue weighted by Gasteiger charge is -2.16. The Morgan fingerprint density at radius 3 is 3.07 bits per heavy atom. The van der Waals surface area contributed by atoms with Gasteiger partial charge in [0.1, 0.15) is 0 Å². The lowest BCUT2D eigenvalue weighted by Crippen LogP contribution is -2.30. The molecule has 7 nitrogen and oxygen atoms in total. The number of benzene rings is 1. The van der Waals surface area contributed by atoms with Crippen LogP contribution in [-0.4, -0.2) is 40.8 Å². The highest BCUT2D eigenvalue weighted by atomic mass is 32.1. The van der Waals surface area contributed by atoms with Crippen molar-refractivity contribution in [3.8, 4) is 23.0 Å². The summed E-state index contributed by atoms with van der Waals surface area (Å²) in [6.45, 7) is 1.56. The molecule has 27 heavy (non-hydrogen) atoms. The first-order valence-corrected chi connectivity index (χ1v) is 9.73. The summed E-state index contributed by atoms with van der Waals surface area (Å²) < 4.78 is 16.1. The Morgan fingerprint density at radius 1 is 1.26 bits per heavy atom. The summed E-state index contributed by atoms with van der Waals surface area (Å²) >= 11 is 1.59. The predicted molar refractivity (Wildman–Crippen MR) is 97.8 cm³/mol. The second-order valence-corrected chi connectivity index (χ2v) is 7.44. The maximum absolute atomic E-state index is 12.7. The quantitative estimate of drug-likeness (QED) is 0.689. The van der Waals surface area contributed by atoms with Crippen LogP contribution in [0.4, 0.5) is 0 Å². The number of hydrogen-bond acceptors (Lipinski definition) is 7. The van der Waals surface area contributed by atoms with Crippen LogP contribution in [0.25, 0.3) is 11.5 Å². The maximum Gasteiger partial charge on any atom is 0.258 e. The van der Waals surface area contributed by atoms with Gasteiger partial charge in [0.05, 0.1) is 12.0 Å². The predicted octanol–water partition coefficient (Wildman–Crippen LogP) is 3.09. The zero-order chi connectivity index (χ0) is 18.2. The first-order valence-electron chi connectivity index (χ1n) is 8.79. The number of fused-ring (bicyclic) bond motifs is 1. The van der Waals surface area contributed by atoms with E-state index in [9.17, 15) is 4.79 Å². The molecule has 2 aliphatic rings.